The van der Waals surface area contributed by atoms with Crippen LogP contribution in [0.4, 0.5) is 4.79 Å². The van der Waals surface area contributed by atoms with Crippen molar-refractivity contribution in [3.05, 3.63) is 12.2 Å². The number of hydrogen-bond donors (Lipinski definition) is 0. The van der Waals surface area contributed by atoms with Crippen molar-refractivity contribution in [1.29, 1.82) is 0 Å². The average molecular weight is 213 g/mol. The standard InChI is InChI=1S/C12H23NO2/c1-7-8-11(6)15-12(14)13(9(2)3)10(4)5/h7-11H,1-6H3/b8-7-/t11-/m0/s1. The summed E-state index contributed by atoms with van der Waals surface area (Å²) in [4.78, 5) is 13.5. The lowest BCUT2D eigenvalue weighted by Gasteiger charge is -2.30. The number of rotatable bonds is 4. The van der Waals surface area contributed by atoms with Crippen LogP contribution in [0.2, 0.25) is 0 Å². The van der Waals surface area contributed by atoms with Gasteiger partial charge in [-0.05, 0) is 47.6 Å². The Morgan fingerprint density at radius 2 is 1.60 bits per heavy atom. The second-order valence-electron chi connectivity index (χ2n) is 4.21. The summed E-state index contributed by atoms with van der Waals surface area (Å²) in [5.41, 5.74) is 0. The number of nitrogens with zero attached hydrogens (tertiary/aromatic N) is 1. The van der Waals surface area contributed by atoms with Gasteiger partial charge in [0.25, 0.3) is 0 Å². The lowest BCUT2D eigenvalue weighted by Crippen LogP contribution is -2.43. The molecule has 0 fully saturated rings. The van der Waals surface area contributed by atoms with Gasteiger partial charge in [0, 0.05) is 12.1 Å². The first-order chi connectivity index (χ1) is 6.90. The van der Waals surface area contributed by atoms with Crippen molar-refractivity contribution in [1.82, 2.24) is 4.90 Å². The van der Waals surface area contributed by atoms with Crippen molar-refractivity contribution in [3.63, 3.8) is 0 Å². The predicted molar refractivity (Wildman–Crippen MR) is 62.9 cm³/mol. The third-order valence-electron chi connectivity index (χ3n) is 2.07. The van der Waals surface area contributed by atoms with E-state index in [1.807, 2.05) is 53.7 Å². The van der Waals surface area contributed by atoms with Crippen LogP contribution >= 0.6 is 0 Å². The molecule has 0 aromatic heterocycles. The number of hydrogen-bond acceptors (Lipinski definition) is 2. The fraction of sp³-hybridized carbons (Fsp3) is 0.750. The Morgan fingerprint density at radius 3 is 1.93 bits per heavy atom. The van der Waals surface area contributed by atoms with E-state index in [1.165, 1.54) is 0 Å². The van der Waals surface area contributed by atoms with Crippen LogP contribution in [0.1, 0.15) is 41.5 Å². The number of carbonyl (C=O) groups excluding carboxylic acids is 1. The minimum atomic E-state index is -0.245. The highest BCUT2D eigenvalue weighted by atomic mass is 16.6. The van der Waals surface area contributed by atoms with Gasteiger partial charge in [0.15, 0.2) is 0 Å². The van der Waals surface area contributed by atoms with E-state index in [9.17, 15) is 4.79 Å². The number of allylic oxidation sites excluding steroid dienone is 1. The molecule has 0 unspecified atom stereocenters. The van der Waals surface area contributed by atoms with Crippen LogP contribution in [0.25, 0.3) is 0 Å². The van der Waals surface area contributed by atoms with E-state index in [0.717, 1.165) is 0 Å². The maximum absolute atomic E-state index is 11.8. The Labute approximate surface area is 93.1 Å². The van der Waals surface area contributed by atoms with Gasteiger partial charge in [-0.3, -0.25) is 0 Å². The highest BCUT2D eigenvalue weighted by Gasteiger charge is 2.22. The average Bonchev–Trinajstić information content (AvgIpc) is 2.01. The normalized spacial score (nSPS) is 13.6. The summed E-state index contributed by atoms with van der Waals surface area (Å²) in [6.07, 6.45) is 3.33. The Kier molecular flexibility index (Phi) is 6.06. The molecule has 1 atom stereocenters. The number of amides is 1. The molecule has 0 radical (unpaired) electrons. The van der Waals surface area contributed by atoms with E-state index in [2.05, 4.69) is 0 Å². The largest absolute Gasteiger partial charge is 0.442 e. The number of carbonyl (C=O) groups is 1. The molecule has 0 saturated carbocycles. The van der Waals surface area contributed by atoms with Crippen molar-refractivity contribution >= 4 is 6.09 Å². The highest BCUT2D eigenvalue weighted by Crippen LogP contribution is 2.09. The molecule has 0 rings (SSSR count). The molecular weight excluding hydrogens is 190 g/mol. The molecule has 0 bridgehead atoms. The van der Waals surface area contributed by atoms with Gasteiger partial charge < -0.3 is 9.64 Å². The van der Waals surface area contributed by atoms with Crippen LogP contribution in [0, 0.1) is 0 Å². The summed E-state index contributed by atoms with van der Waals surface area (Å²) in [5, 5.41) is 0. The summed E-state index contributed by atoms with van der Waals surface area (Å²) in [7, 11) is 0. The van der Waals surface area contributed by atoms with E-state index in [-0.39, 0.29) is 24.3 Å². The topological polar surface area (TPSA) is 29.5 Å². The highest BCUT2D eigenvalue weighted by molar-refractivity contribution is 5.68. The van der Waals surface area contributed by atoms with E-state index in [1.54, 1.807) is 4.90 Å². The van der Waals surface area contributed by atoms with Crippen molar-refractivity contribution < 1.29 is 9.53 Å². The molecule has 0 aromatic carbocycles. The fourth-order valence-electron chi connectivity index (χ4n) is 1.55. The van der Waals surface area contributed by atoms with Gasteiger partial charge in [0.1, 0.15) is 6.10 Å². The van der Waals surface area contributed by atoms with E-state index in [0.29, 0.717) is 0 Å². The molecule has 3 heteroatoms. The molecule has 0 aromatic rings. The molecule has 0 spiro atoms. The van der Waals surface area contributed by atoms with Gasteiger partial charge in [-0.25, -0.2) is 4.79 Å². The quantitative estimate of drug-likeness (QED) is 0.671. The van der Waals surface area contributed by atoms with Gasteiger partial charge >= 0.3 is 6.09 Å². The van der Waals surface area contributed by atoms with Crippen LogP contribution in [0.5, 0.6) is 0 Å². The van der Waals surface area contributed by atoms with Gasteiger partial charge in [-0.15, -0.1) is 0 Å². The summed E-state index contributed by atoms with van der Waals surface area (Å²) >= 11 is 0. The van der Waals surface area contributed by atoms with Crippen LogP contribution in [0.15, 0.2) is 12.2 Å². The molecule has 0 heterocycles. The number of ether oxygens (including phenoxy) is 1. The molecular formula is C12H23NO2. The van der Waals surface area contributed by atoms with Crippen molar-refractivity contribution in [2.45, 2.75) is 59.7 Å². The van der Waals surface area contributed by atoms with Gasteiger partial charge in [-0.2, -0.15) is 0 Å². The summed E-state index contributed by atoms with van der Waals surface area (Å²) in [5.74, 6) is 0. The first-order valence-corrected chi connectivity index (χ1v) is 5.51. The fourth-order valence-corrected chi connectivity index (χ4v) is 1.55. The molecule has 3 nitrogen and oxygen atoms in total. The molecule has 0 saturated heterocycles. The second kappa shape index (κ2) is 6.49. The van der Waals surface area contributed by atoms with Crippen LogP contribution < -0.4 is 0 Å². The lowest BCUT2D eigenvalue weighted by atomic mass is 10.2. The van der Waals surface area contributed by atoms with Gasteiger partial charge in [0.05, 0.1) is 0 Å². The first kappa shape index (κ1) is 14.0. The minimum Gasteiger partial charge on any atom is -0.442 e. The molecule has 0 aliphatic carbocycles. The molecule has 88 valence electrons. The Morgan fingerprint density at radius 1 is 1.13 bits per heavy atom. The van der Waals surface area contributed by atoms with Crippen LogP contribution in [-0.4, -0.2) is 29.2 Å². The zero-order chi connectivity index (χ0) is 12.0. The van der Waals surface area contributed by atoms with E-state index >= 15 is 0 Å². The summed E-state index contributed by atoms with van der Waals surface area (Å²) in [6.45, 7) is 11.7. The van der Waals surface area contributed by atoms with Crippen molar-refractivity contribution in [2.24, 2.45) is 0 Å². The summed E-state index contributed by atoms with van der Waals surface area (Å²) in [6, 6.07) is 0.325. The monoisotopic (exact) mass is 213 g/mol. The minimum absolute atomic E-state index is 0.162. The maximum atomic E-state index is 11.8. The molecule has 15 heavy (non-hydrogen) atoms. The Balaban J connectivity index is 4.39. The third kappa shape index (κ3) is 4.86. The third-order valence-corrected chi connectivity index (χ3v) is 2.07. The Bertz CT molecular complexity index is 214. The second-order valence-corrected chi connectivity index (χ2v) is 4.21. The SMILES string of the molecule is C/C=C\[C@H](C)OC(=O)N(C(C)C)C(C)C. The zero-order valence-electron chi connectivity index (χ0n) is 10.7. The maximum Gasteiger partial charge on any atom is 0.410 e. The smallest absolute Gasteiger partial charge is 0.410 e. The van der Waals surface area contributed by atoms with Crippen LogP contribution in [0.3, 0.4) is 0 Å². The molecule has 0 N–H and O–H groups in total. The summed E-state index contributed by atoms with van der Waals surface area (Å²) < 4.78 is 5.28. The van der Waals surface area contributed by atoms with Crippen LogP contribution in [-0.2, 0) is 4.74 Å². The van der Waals surface area contributed by atoms with Gasteiger partial charge in [-0.1, -0.05) is 6.08 Å². The van der Waals surface area contributed by atoms with Crippen molar-refractivity contribution in [3.8, 4) is 0 Å². The molecule has 1 amide bonds. The van der Waals surface area contributed by atoms with E-state index < -0.39 is 0 Å². The molecule has 0 aliphatic heterocycles. The molecule has 0 aliphatic rings. The van der Waals surface area contributed by atoms with Gasteiger partial charge in [0.2, 0.25) is 0 Å². The predicted octanol–water partition coefficient (Wildman–Crippen LogP) is 3.21. The van der Waals surface area contributed by atoms with E-state index in [4.69, 9.17) is 4.74 Å². The Hall–Kier alpha value is -0.990. The zero-order valence-corrected chi connectivity index (χ0v) is 10.7. The van der Waals surface area contributed by atoms with Crippen molar-refractivity contribution in [2.75, 3.05) is 0 Å². The first-order valence-electron chi connectivity index (χ1n) is 5.51. The lowest BCUT2D eigenvalue weighted by molar-refractivity contribution is 0.0653.